The second-order valence-electron chi connectivity index (χ2n) is 5.99. The molecule has 0 aliphatic carbocycles. The Kier molecular flexibility index (Phi) is 110. The van der Waals surface area contributed by atoms with Crippen LogP contribution in [0.3, 0.4) is 0 Å². The van der Waals surface area contributed by atoms with Gasteiger partial charge in [0, 0.05) is 26.3 Å². The van der Waals surface area contributed by atoms with Gasteiger partial charge >= 0.3 is 0 Å². The smallest absolute Gasteiger partial charge is 0.0825 e. The van der Waals surface area contributed by atoms with Crippen LogP contribution in [0.5, 0.6) is 0 Å². The summed E-state index contributed by atoms with van der Waals surface area (Å²) in [7, 11) is 2.19. The first-order valence-corrected chi connectivity index (χ1v) is 15.9. The number of hydrogen-bond donors (Lipinski definition) is 4. The molecule has 0 spiro atoms. The normalized spacial score (nSPS) is 15.4. The summed E-state index contributed by atoms with van der Waals surface area (Å²) in [5.41, 5.74) is 0. The Morgan fingerprint density at radius 1 is 0.500 bits per heavy atom. The lowest BCUT2D eigenvalue weighted by Gasteiger charge is -2.20. The summed E-state index contributed by atoms with van der Waals surface area (Å²) < 4.78 is 0. The maximum absolute atomic E-state index is 3.85. The van der Waals surface area contributed by atoms with E-state index in [9.17, 15) is 0 Å². The number of aliphatic imine (C=N–C) groups is 1. The fourth-order valence-corrected chi connectivity index (χ4v) is 2.44. The molecule has 6 heteroatoms. The number of nitrogens with one attached hydrogen (secondary N) is 4. The van der Waals surface area contributed by atoms with Gasteiger partial charge in [0.05, 0.1) is 12.9 Å². The molecule has 0 saturated carbocycles. The average molecular weight is 523 g/mol. The van der Waals surface area contributed by atoms with E-state index in [-0.39, 0.29) is 0 Å². The van der Waals surface area contributed by atoms with Crippen LogP contribution in [0, 0.1) is 0 Å². The van der Waals surface area contributed by atoms with Crippen LogP contribution in [0.25, 0.3) is 0 Å². The number of nitrogens with zero attached hydrogens (tertiary/aromatic N) is 2. The molecular weight excluding hydrogens is 444 g/mol. The molecule has 3 fully saturated rings. The molecule has 0 atom stereocenters. The predicted molar refractivity (Wildman–Crippen MR) is 175 cm³/mol. The highest BCUT2D eigenvalue weighted by molar-refractivity contribution is 5.56. The second-order valence-corrected chi connectivity index (χ2v) is 5.99. The van der Waals surface area contributed by atoms with Crippen molar-refractivity contribution in [3.8, 4) is 0 Å². The summed E-state index contributed by atoms with van der Waals surface area (Å²) in [4.78, 5) is 6.24. The molecule has 0 radical (unpaired) electrons. The summed E-state index contributed by atoms with van der Waals surface area (Å²) in [6.45, 7) is 38.4. The van der Waals surface area contributed by atoms with Crippen molar-refractivity contribution < 1.29 is 0 Å². The molecule has 0 aromatic heterocycles. The van der Waals surface area contributed by atoms with Gasteiger partial charge in [0.2, 0.25) is 0 Å². The van der Waals surface area contributed by atoms with Gasteiger partial charge in [-0.3, -0.25) is 4.99 Å². The minimum Gasteiger partial charge on any atom is -0.375 e. The summed E-state index contributed by atoms with van der Waals surface area (Å²) in [5, 5.41) is 12.4. The van der Waals surface area contributed by atoms with E-state index in [1.165, 1.54) is 58.3 Å². The Morgan fingerprint density at radius 2 is 0.917 bits per heavy atom. The molecule has 0 aromatic rings. The maximum atomic E-state index is 3.85. The molecule has 4 aliphatic heterocycles. The van der Waals surface area contributed by atoms with Crippen molar-refractivity contribution in [2.45, 2.75) is 129 Å². The van der Waals surface area contributed by atoms with Gasteiger partial charge in [-0.15, -0.1) is 0 Å². The fourth-order valence-electron chi connectivity index (χ4n) is 2.44. The summed E-state index contributed by atoms with van der Waals surface area (Å²) in [6.07, 6.45) is 8.79. The largest absolute Gasteiger partial charge is 0.375 e. The average Bonchev–Trinajstić information content (AvgIpc) is 3.84. The van der Waals surface area contributed by atoms with Crippen LogP contribution in [-0.2, 0) is 0 Å². The van der Waals surface area contributed by atoms with E-state index in [0.717, 1.165) is 32.8 Å². The zero-order chi connectivity index (χ0) is 29.7. The molecule has 0 amide bonds. The van der Waals surface area contributed by atoms with E-state index in [2.05, 4.69) is 38.2 Å². The molecule has 0 bridgehead atoms. The van der Waals surface area contributed by atoms with Gasteiger partial charge in [-0.2, -0.15) is 0 Å². The Balaban J connectivity index is -0.0000000540. The lowest BCUT2D eigenvalue weighted by atomic mass is 10.1. The molecule has 4 aliphatic rings. The molecule has 6 nitrogen and oxygen atoms in total. The van der Waals surface area contributed by atoms with Crippen molar-refractivity contribution in [1.29, 1.82) is 0 Å². The minimum absolute atomic E-state index is 0.958. The Bertz CT molecular complexity index is 219. The SMILES string of the molecule is C1=NCCN1.C1CCNC1.C1CNCN1.CC.CC.CC.CC.CC.CC.CC.CN1CCCCC1. The zero-order valence-electron chi connectivity index (χ0n) is 28.4. The molecule has 0 unspecified atom stereocenters. The van der Waals surface area contributed by atoms with Crippen LogP contribution < -0.4 is 21.3 Å². The van der Waals surface area contributed by atoms with E-state index in [4.69, 9.17) is 0 Å². The quantitative estimate of drug-likeness (QED) is 0.267. The predicted octanol–water partition coefficient (Wildman–Crippen LogP) is 7.41. The molecule has 228 valence electrons. The van der Waals surface area contributed by atoms with E-state index in [1.54, 1.807) is 6.34 Å². The molecule has 4 heterocycles. The van der Waals surface area contributed by atoms with Crippen LogP contribution in [-0.4, -0.2) is 77.3 Å². The zero-order valence-corrected chi connectivity index (χ0v) is 28.4. The number of likely N-dealkylation sites (tertiary alicyclic amines) is 1. The molecule has 4 N–H and O–H groups in total. The van der Waals surface area contributed by atoms with Crippen LogP contribution in [0.2, 0.25) is 0 Å². The molecule has 0 aromatic carbocycles. The molecule has 4 rings (SSSR count). The summed E-state index contributed by atoms with van der Waals surface area (Å²) in [5.74, 6) is 0. The number of hydrogen-bond acceptors (Lipinski definition) is 6. The minimum atomic E-state index is 0.958. The topological polar surface area (TPSA) is 63.7 Å². The third kappa shape index (κ3) is 69.9. The maximum Gasteiger partial charge on any atom is 0.0825 e. The number of piperidine rings is 1. The van der Waals surface area contributed by atoms with Crippen LogP contribution in [0.1, 0.15) is 129 Å². The Labute approximate surface area is 232 Å². The van der Waals surface area contributed by atoms with Crippen molar-refractivity contribution >= 4 is 6.34 Å². The fraction of sp³-hybridized carbons (Fsp3) is 0.967. The van der Waals surface area contributed by atoms with Gasteiger partial charge in [0.1, 0.15) is 0 Å². The third-order valence-electron chi connectivity index (χ3n) is 3.83. The van der Waals surface area contributed by atoms with Crippen molar-refractivity contribution in [2.75, 3.05) is 66.1 Å². The lowest BCUT2D eigenvalue weighted by Crippen LogP contribution is -2.24. The van der Waals surface area contributed by atoms with E-state index < -0.39 is 0 Å². The van der Waals surface area contributed by atoms with Crippen molar-refractivity contribution in [2.24, 2.45) is 4.99 Å². The van der Waals surface area contributed by atoms with Gasteiger partial charge in [0.15, 0.2) is 0 Å². The summed E-state index contributed by atoms with van der Waals surface area (Å²) in [6, 6.07) is 0. The first kappa shape index (κ1) is 51.9. The van der Waals surface area contributed by atoms with Gasteiger partial charge in [0.25, 0.3) is 0 Å². The Morgan fingerprint density at radius 3 is 1.06 bits per heavy atom. The first-order valence-electron chi connectivity index (χ1n) is 15.9. The van der Waals surface area contributed by atoms with Crippen LogP contribution in [0.4, 0.5) is 0 Å². The van der Waals surface area contributed by atoms with Gasteiger partial charge < -0.3 is 26.2 Å². The summed E-state index contributed by atoms with van der Waals surface area (Å²) >= 11 is 0. The monoisotopic (exact) mass is 523 g/mol. The first-order chi connectivity index (χ1) is 17.9. The molecule has 3 saturated heterocycles. The van der Waals surface area contributed by atoms with E-state index >= 15 is 0 Å². The Hall–Kier alpha value is -0.690. The highest BCUT2D eigenvalue weighted by Crippen LogP contribution is 2.04. The van der Waals surface area contributed by atoms with Crippen molar-refractivity contribution in [3.63, 3.8) is 0 Å². The highest BCUT2D eigenvalue weighted by Gasteiger charge is 2.02. The van der Waals surface area contributed by atoms with E-state index in [0.29, 0.717) is 0 Å². The van der Waals surface area contributed by atoms with Crippen LogP contribution in [0.15, 0.2) is 4.99 Å². The van der Waals surface area contributed by atoms with E-state index in [1.807, 2.05) is 96.9 Å². The third-order valence-corrected chi connectivity index (χ3v) is 3.83. The lowest BCUT2D eigenvalue weighted by molar-refractivity contribution is 0.277. The second kappa shape index (κ2) is 76.5. The van der Waals surface area contributed by atoms with Crippen molar-refractivity contribution in [3.05, 3.63) is 0 Å². The van der Waals surface area contributed by atoms with Crippen molar-refractivity contribution in [1.82, 2.24) is 26.2 Å². The number of rotatable bonds is 0. The van der Waals surface area contributed by atoms with Gasteiger partial charge in [-0.05, 0) is 58.9 Å². The highest BCUT2D eigenvalue weighted by atomic mass is 15.1. The molecular formula is C30H78N6. The van der Waals surface area contributed by atoms with Gasteiger partial charge in [-0.25, -0.2) is 0 Å². The molecule has 36 heavy (non-hydrogen) atoms. The standard InChI is InChI=1S/C6H13N.C4H9N.C3H8N2.C3H6N2.7C2H6/c1-7-5-3-2-4-6-7;1-2-4-5-3-1;2*1-2-5-3-4-1;7*1-2/h2-6H2,1H3;5H,1-4H2;4-5H,1-3H2;3H,1-2H2,(H,4,5);7*1-2H3. The van der Waals surface area contributed by atoms with Crippen LogP contribution >= 0.6 is 0 Å². The van der Waals surface area contributed by atoms with Gasteiger partial charge in [-0.1, -0.05) is 103 Å².